The van der Waals surface area contributed by atoms with Gasteiger partial charge in [0.15, 0.2) is 0 Å². The summed E-state index contributed by atoms with van der Waals surface area (Å²) in [4.78, 5) is 21.8. The monoisotopic (exact) mass is 282 g/mol. The summed E-state index contributed by atoms with van der Waals surface area (Å²) in [7, 11) is 1.44. The lowest BCUT2D eigenvalue weighted by molar-refractivity contribution is -0.384. The van der Waals surface area contributed by atoms with E-state index in [0.717, 1.165) is 0 Å². The van der Waals surface area contributed by atoms with Crippen LogP contribution < -0.4 is 10.1 Å². The Morgan fingerprint density at radius 2 is 2.05 bits per heavy atom. The first-order chi connectivity index (χ1) is 9.23. The van der Waals surface area contributed by atoms with Gasteiger partial charge >= 0.3 is 5.97 Å². The Morgan fingerprint density at radius 3 is 2.55 bits per heavy atom. The molecule has 0 unspecified atom stereocenters. The van der Waals surface area contributed by atoms with Gasteiger partial charge in [0.25, 0.3) is 5.69 Å². The number of nitro groups is 1. The summed E-state index contributed by atoms with van der Waals surface area (Å²) in [5.41, 5.74) is -0.295. The number of benzene rings is 1. The first-order valence-electron chi connectivity index (χ1n) is 6.01. The maximum Gasteiger partial charge on any atom is 0.325 e. The molecule has 0 aromatic heterocycles. The molecule has 0 bridgehead atoms. The Kier molecular flexibility index (Phi) is 4.90. The summed E-state index contributed by atoms with van der Waals surface area (Å²) in [6.45, 7) is 5.19. The van der Waals surface area contributed by atoms with Crippen molar-refractivity contribution in [3.05, 3.63) is 28.3 Å². The van der Waals surface area contributed by atoms with Crippen LogP contribution in [0.4, 0.5) is 11.4 Å². The molecular formula is C13H18N2O5. The molecule has 1 aromatic rings. The molecule has 0 amide bonds. The summed E-state index contributed by atoms with van der Waals surface area (Å²) in [5.74, 6) is -0.0368. The minimum absolute atomic E-state index is 0.0857. The number of carbonyl (C=O) groups excluding carboxylic acids is 1. The maximum atomic E-state index is 11.6. The van der Waals surface area contributed by atoms with Crippen LogP contribution in [0.1, 0.15) is 20.8 Å². The molecule has 0 aliphatic heterocycles. The second kappa shape index (κ2) is 6.23. The van der Waals surface area contributed by atoms with Gasteiger partial charge in [-0.15, -0.1) is 0 Å². The molecule has 1 N–H and O–H groups in total. The number of carbonyl (C=O) groups is 1. The average Bonchev–Trinajstić information content (AvgIpc) is 2.33. The van der Waals surface area contributed by atoms with Crippen LogP contribution in [0.25, 0.3) is 0 Å². The summed E-state index contributed by atoms with van der Waals surface area (Å²) in [6, 6.07) is 4.11. The van der Waals surface area contributed by atoms with E-state index in [9.17, 15) is 14.9 Å². The van der Waals surface area contributed by atoms with Gasteiger partial charge in [0.05, 0.1) is 17.7 Å². The molecule has 1 rings (SSSR count). The standard InChI is InChI=1S/C13H18N2O5/c1-13(2,3)20-12(16)8-14-10-7-9(15(17)18)5-6-11(10)19-4/h5-7,14H,8H2,1-4H3. The zero-order chi connectivity index (χ0) is 15.3. The highest BCUT2D eigenvalue weighted by molar-refractivity contribution is 5.76. The van der Waals surface area contributed by atoms with Crippen LogP contribution in [-0.4, -0.2) is 30.1 Å². The number of non-ortho nitro benzene ring substituents is 1. The Labute approximate surface area is 117 Å². The third-order valence-corrected chi connectivity index (χ3v) is 2.24. The molecule has 0 aliphatic carbocycles. The van der Waals surface area contributed by atoms with E-state index in [2.05, 4.69) is 5.32 Å². The molecule has 0 saturated carbocycles. The van der Waals surface area contributed by atoms with Gasteiger partial charge in [0.2, 0.25) is 0 Å². The fourth-order valence-electron chi connectivity index (χ4n) is 1.49. The first-order valence-corrected chi connectivity index (χ1v) is 6.01. The van der Waals surface area contributed by atoms with Crippen LogP contribution in [0, 0.1) is 10.1 Å². The van der Waals surface area contributed by atoms with E-state index in [0.29, 0.717) is 11.4 Å². The molecule has 7 nitrogen and oxygen atoms in total. The maximum absolute atomic E-state index is 11.6. The predicted molar refractivity (Wildman–Crippen MR) is 74.0 cm³/mol. The van der Waals surface area contributed by atoms with E-state index in [1.807, 2.05) is 0 Å². The number of hydrogen-bond donors (Lipinski definition) is 1. The molecule has 0 saturated heterocycles. The molecule has 0 fully saturated rings. The van der Waals surface area contributed by atoms with Crippen molar-refractivity contribution < 1.29 is 19.2 Å². The number of methoxy groups -OCH3 is 1. The van der Waals surface area contributed by atoms with Crippen molar-refractivity contribution in [1.82, 2.24) is 0 Å². The SMILES string of the molecule is COc1ccc([N+](=O)[O-])cc1NCC(=O)OC(C)(C)C. The van der Waals surface area contributed by atoms with E-state index in [1.54, 1.807) is 20.8 Å². The molecule has 110 valence electrons. The molecule has 0 aliphatic rings. The molecule has 0 heterocycles. The molecular weight excluding hydrogens is 264 g/mol. The third kappa shape index (κ3) is 4.75. The van der Waals surface area contributed by atoms with Crippen LogP contribution in [0.15, 0.2) is 18.2 Å². The fraction of sp³-hybridized carbons (Fsp3) is 0.462. The minimum Gasteiger partial charge on any atom is -0.495 e. The van der Waals surface area contributed by atoms with Gasteiger partial charge in [-0.25, -0.2) is 0 Å². The lowest BCUT2D eigenvalue weighted by atomic mass is 10.2. The van der Waals surface area contributed by atoms with E-state index >= 15 is 0 Å². The van der Waals surface area contributed by atoms with Crippen molar-refractivity contribution in [3.8, 4) is 5.75 Å². The summed E-state index contributed by atoms with van der Waals surface area (Å²) in [5, 5.41) is 13.5. The molecule has 0 spiro atoms. The average molecular weight is 282 g/mol. The highest BCUT2D eigenvalue weighted by Crippen LogP contribution is 2.28. The van der Waals surface area contributed by atoms with Gasteiger partial charge in [0.1, 0.15) is 17.9 Å². The molecule has 1 aromatic carbocycles. The Bertz CT molecular complexity index is 508. The smallest absolute Gasteiger partial charge is 0.325 e. The quantitative estimate of drug-likeness (QED) is 0.506. The van der Waals surface area contributed by atoms with E-state index in [1.165, 1.54) is 25.3 Å². The molecule has 20 heavy (non-hydrogen) atoms. The van der Waals surface area contributed by atoms with Crippen molar-refractivity contribution >= 4 is 17.3 Å². The number of esters is 1. The first kappa shape index (κ1) is 15.7. The zero-order valence-corrected chi connectivity index (χ0v) is 11.9. The third-order valence-electron chi connectivity index (χ3n) is 2.24. The van der Waals surface area contributed by atoms with Crippen LogP contribution in [0.2, 0.25) is 0 Å². The van der Waals surface area contributed by atoms with Gasteiger partial charge in [0, 0.05) is 12.1 Å². The minimum atomic E-state index is -0.578. The number of nitro benzene ring substituents is 1. The van der Waals surface area contributed by atoms with Crippen molar-refractivity contribution in [2.75, 3.05) is 19.0 Å². The summed E-state index contributed by atoms with van der Waals surface area (Å²) < 4.78 is 10.2. The van der Waals surface area contributed by atoms with Crippen molar-refractivity contribution in [2.24, 2.45) is 0 Å². The van der Waals surface area contributed by atoms with Gasteiger partial charge in [-0.05, 0) is 26.8 Å². The Balaban J connectivity index is 2.78. The largest absolute Gasteiger partial charge is 0.495 e. The molecule has 0 radical (unpaired) electrons. The van der Waals surface area contributed by atoms with Gasteiger partial charge in [-0.2, -0.15) is 0 Å². The Hall–Kier alpha value is -2.31. The number of ether oxygens (including phenoxy) is 2. The van der Waals surface area contributed by atoms with Crippen LogP contribution >= 0.6 is 0 Å². The summed E-state index contributed by atoms with van der Waals surface area (Å²) >= 11 is 0. The van der Waals surface area contributed by atoms with Crippen LogP contribution in [-0.2, 0) is 9.53 Å². The normalized spacial score (nSPS) is 10.8. The highest BCUT2D eigenvalue weighted by atomic mass is 16.6. The molecule has 0 atom stereocenters. The number of nitrogens with one attached hydrogen (secondary N) is 1. The van der Waals surface area contributed by atoms with Crippen molar-refractivity contribution in [2.45, 2.75) is 26.4 Å². The highest BCUT2D eigenvalue weighted by Gasteiger charge is 2.17. The van der Waals surface area contributed by atoms with Gasteiger partial charge < -0.3 is 14.8 Å². The zero-order valence-electron chi connectivity index (χ0n) is 11.9. The van der Waals surface area contributed by atoms with Gasteiger partial charge in [-0.1, -0.05) is 0 Å². The lowest BCUT2D eigenvalue weighted by Crippen LogP contribution is -2.28. The predicted octanol–water partition coefficient (Wildman–Crippen LogP) is 2.36. The topological polar surface area (TPSA) is 90.7 Å². The van der Waals surface area contributed by atoms with Crippen molar-refractivity contribution in [1.29, 1.82) is 0 Å². The van der Waals surface area contributed by atoms with Crippen LogP contribution in [0.5, 0.6) is 5.75 Å². The van der Waals surface area contributed by atoms with Crippen LogP contribution in [0.3, 0.4) is 0 Å². The van der Waals surface area contributed by atoms with E-state index in [4.69, 9.17) is 9.47 Å². The number of rotatable bonds is 5. The number of nitrogens with zero attached hydrogens (tertiary/aromatic N) is 1. The number of anilines is 1. The van der Waals surface area contributed by atoms with E-state index in [-0.39, 0.29) is 12.2 Å². The Morgan fingerprint density at radius 1 is 1.40 bits per heavy atom. The summed E-state index contributed by atoms with van der Waals surface area (Å²) in [6.07, 6.45) is 0. The second-order valence-corrected chi connectivity index (χ2v) is 5.08. The van der Waals surface area contributed by atoms with Gasteiger partial charge in [-0.3, -0.25) is 14.9 Å². The lowest BCUT2D eigenvalue weighted by Gasteiger charge is -2.20. The second-order valence-electron chi connectivity index (χ2n) is 5.08. The number of hydrogen-bond acceptors (Lipinski definition) is 6. The van der Waals surface area contributed by atoms with E-state index < -0.39 is 16.5 Å². The van der Waals surface area contributed by atoms with Crippen molar-refractivity contribution in [3.63, 3.8) is 0 Å². The fourth-order valence-corrected chi connectivity index (χ4v) is 1.49. The molecule has 7 heteroatoms.